The number of hydrogen-bond donors (Lipinski definition) is 3. The number of nitrogens with two attached hydrogens (primary N) is 2. The summed E-state index contributed by atoms with van der Waals surface area (Å²) < 4.78 is 0. The Kier molecular flexibility index (Phi) is 4.25. The third kappa shape index (κ3) is 3.09. The zero-order chi connectivity index (χ0) is 14.5. The highest BCUT2D eigenvalue weighted by Crippen LogP contribution is 2.26. The molecule has 1 amide bonds. The number of nitrogens with one attached hydrogen (secondary N) is 1. The number of aryl methyl sites for hydroxylation is 1. The average molecular weight is 269 g/mol. The number of primary amides is 1. The molecule has 2 aromatic carbocycles. The molecule has 20 heavy (non-hydrogen) atoms. The molecule has 0 aliphatic carbocycles. The van der Waals surface area contributed by atoms with Gasteiger partial charge in [-0.2, -0.15) is 0 Å². The van der Waals surface area contributed by atoms with Crippen molar-refractivity contribution < 1.29 is 4.79 Å². The molecule has 0 unspecified atom stereocenters. The summed E-state index contributed by atoms with van der Waals surface area (Å²) in [6, 6.07) is 13.1. The summed E-state index contributed by atoms with van der Waals surface area (Å²) in [5.41, 5.74) is 15.0. The van der Waals surface area contributed by atoms with Crippen LogP contribution in [0.25, 0.3) is 0 Å². The lowest BCUT2D eigenvalue weighted by Gasteiger charge is -2.14. The number of carbonyl (C=O) groups is 1. The standard InChI is InChI=1S/C16H19N3O/c1-2-5-11-6-3-4-7-14(11)19-15-10-12(17)8-9-13(15)16(18)20/h3-4,6-10,19H,2,5,17H2,1H3,(H2,18,20). The van der Waals surface area contributed by atoms with E-state index in [0.29, 0.717) is 16.9 Å². The van der Waals surface area contributed by atoms with Crippen LogP contribution in [0.15, 0.2) is 42.5 Å². The van der Waals surface area contributed by atoms with E-state index in [0.717, 1.165) is 18.5 Å². The topological polar surface area (TPSA) is 81.1 Å². The largest absolute Gasteiger partial charge is 0.399 e. The Balaban J connectivity index is 2.39. The van der Waals surface area contributed by atoms with E-state index in [2.05, 4.69) is 18.3 Å². The number of nitrogen functional groups attached to an aromatic ring is 1. The van der Waals surface area contributed by atoms with E-state index in [4.69, 9.17) is 11.5 Å². The van der Waals surface area contributed by atoms with E-state index in [1.165, 1.54) is 5.56 Å². The van der Waals surface area contributed by atoms with Crippen LogP contribution < -0.4 is 16.8 Å². The van der Waals surface area contributed by atoms with E-state index >= 15 is 0 Å². The molecule has 0 aromatic heterocycles. The number of carbonyl (C=O) groups excluding carboxylic acids is 1. The Morgan fingerprint density at radius 2 is 1.90 bits per heavy atom. The second-order valence-electron chi connectivity index (χ2n) is 4.70. The van der Waals surface area contributed by atoms with Crippen LogP contribution in [0.2, 0.25) is 0 Å². The van der Waals surface area contributed by atoms with E-state index < -0.39 is 5.91 Å². The number of hydrogen-bond acceptors (Lipinski definition) is 3. The van der Waals surface area contributed by atoms with Crippen molar-refractivity contribution in [3.8, 4) is 0 Å². The molecule has 0 atom stereocenters. The van der Waals surface area contributed by atoms with Crippen molar-refractivity contribution in [2.24, 2.45) is 5.73 Å². The second kappa shape index (κ2) is 6.10. The molecule has 0 radical (unpaired) electrons. The predicted octanol–water partition coefficient (Wildman–Crippen LogP) is 3.06. The van der Waals surface area contributed by atoms with Gasteiger partial charge in [0.1, 0.15) is 0 Å². The summed E-state index contributed by atoms with van der Waals surface area (Å²) in [7, 11) is 0. The molecule has 0 saturated carbocycles. The first-order valence-corrected chi connectivity index (χ1v) is 6.66. The Labute approximate surface area is 118 Å². The van der Waals surface area contributed by atoms with Gasteiger partial charge in [-0.1, -0.05) is 31.5 Å². The molecule has 0 spiro atoms. The third-order valence-corrected chi connectivity index (χ3v) is 3.12. The molecular weight excluding hydrogens is 250 g/mol. The minimum absolute atomic E-state index is 0.436. The Bertz CT molecular complexity index is 623. The fraction of sp³-hybridized carbons (Fsp3) is 0.188. The lowest BCUT2D eigenvalue weighted by atomic mass is 10.1. The van der Waals surface area contributed by atoms with Crippen molar-refractivity contribution in [1.29, 1.82) is 0 Å². The van der Waals surface area contributed by atoms with Gasteiger partial charge in [0.05, 0.1) is 11.3 Å². The van der Waals surface area contributed by atoms with Gasteiger partial charge in [0.25, 0.3) is 5.91 Å². The van der Waals surface area contributed by atoms with Crippen molar-refractivity contribution in [3.05, 3.63) is 53.6 Å². The van der Waals surface area contributed by atoms with Gasteiger partial charge < -0.3 is 16.8 Å². The van der Waals surface area contributed by atoms with Crippen LogP contribution >= 0.6 is 0 Å². The van der Waals surface area contributed by atoms with Gasteiger partial charge in [-0.05, 0) is 36.2 Å². The van der Waals surface area contributed by atoms with Crippen molar-refractivity contribution in [3.63, 3.8) is 0 Å². The number of para-hydroxylation sites is 1. The first-order chi connectivity index (χ1) is 9.61. The van der Waals surface area contributed by atoms with Crippen LogP contribution in [0.3, 0.4) is 0 Å². The summed E-state index contributed by atoms with van der Waals surface area (Å²) >= 11 is 0. The zero-order valence-corrected chi connectivity index (χ0v) is 11.5. The minimum atomic E-state index is -0.472. The van der Waals surface area contributed by atoms with Gasteiger partial charge in [0.2, 0.25) is 0 Å². The van der Waals surface area contributed by atoms with Gasteiger partial charge in [0.15, 0.2) is 0 Å². The summed E-state index contributed by atoms with van der Waals surface area (Å²) in [6.07, 6.45) is 2.02. The fourth-order valence-corrected chi connectivity index (χ4v) is 2.15. The summed E-state index contributed by atoms with van der Waals surface area (Å²) in [6.45, 7) is 2.13. The quantitative estimate of drug-likeness (QED) is 0.730. The number of benzene rings is 2. The Morgan fingerprint density at radius 3 is 2.60 bits per heavy atom. The zero-order valence-electron chi connectivity index (χ0n) is 11.5. The van der Waals surface area contributed by atoms with Crippen LogP contribution in [0.4, 0.5) is 17.1 Å². The van der Waals surface area contributed by atoms with Crippen LogP contribution in [-0.2, 0) is 6.42 Å². The molecule has 0 aliphatic heterocycles. The molecule has 2 rings (SSSR count). The van der Waals surface area contributed by atoms with Crippen molar-refractivity contribution in [2.45, 2.75) is 19.8 Å². The van der Waals surface area contributed by atoms with Gasteiger partial charge in [0, 0.05) is 11.4 Å². The molecule has 2 aromatic rings. The molecule has 0 bridgehead atoms. The Hall–Kier alpha value is -2.49. The highest BCUT2D eigenvalue weighted by Gasteiger charge is 2.10. The first kappa shape index (κ1) is 13.9. The maximum Gasteiger partial charge on any atom is 0.250 e. The number of amides is 1. The minimum Gasteiger partial charge on any atom is -0.399 e. The van der Waals surface area contributed by atoms with Crippen molar-refractivity contribution in [2.75, 3.05) is 11.1 Å². The fourth-order valence-electron chi connectivity index (χ4n) is 2.15. The van der Waals surface area contributed by atoms with E-state index in [9.17, 15) is 4.79 Å². The lowest BCUT2D eigenvalue weighted by Crippen LogP contribution is -2.13. The second-order valence-corrected chi connectivity index (χ2v) is 4.70. The smallest absolute Gasteiger partial charge is 0.250 e. The molecule has 0 heterocycles. The van der Waals surface area contributed by atoms with Gasteiger partial charge in [-0.3, -0.25) is 4.79 Å². The summed E-state index contributed by atoms with van der Waals surface area (Å²) in [5, 5.41) is 3.27. The third-order valence-electron chi connectivity index (χ3n) is 3.12. The number of anilines is 3. The highest BCUT2D eigenvalue weighted by molar-refractivity contribution is 6.00. The highest BCUT2D eigenvalue weighted by atomic mass is 16.1. The number of rotatable bonds is 5. The van der Waals surface area contributed by atoms with E-state index in [1.54, 1.807) is 18.2 Å². The van der Waals surface area contributed by atoms with Crippen LogP contribution in [0.5, 0.6) is 0 Å². The molecule has 104 valence electrons. The summed E-state index contributed by atoms with van der Waals surface area (Å²) in [5.74, 6) is -0.472. The monoisotopic (exact) mass is 269 g/mol. The van der Waals surface area contributed by atoms with Gasteiger partial charge >= 0.3 is 0 Å². The maximum absolute atomic E-state index is 11.5. The average Bonchev–Trinajstić information content (AvgIpc) is 2.41. The van der Waals surface area contributed by atoms with Crippen LogP contribution in [0.1, 0.15) is 29.3 Å². The van der Waals surface area contributed by atoms with Gasteiger partial charge in [-0.25, -0.2) is 0 Å². The molecule has 0 saturated heterocycles. The Morgan fingerprint density at radius 1 is 1.15 bits per heavy atom. The molecule has 4 heteroatoms. The first-order valence-electron chi connectivity index (χ1n) is 6.66. The SMILES string of the molecule is CCCc1ccccc1Nc1cc(N)ccc1C(N)=O. The molecule has 4 nitrogen and oxygen atoms in total. The van der Waals surface area contributed by atoms with E-state index in [-0.39, 0.29) is 0 Å². The van der Waals surface area contributed by atoms with Gasteiger partial charge in [-0.15, -0.1) is 0 Å². The van der Waals surface area contributed by atoms with Crippen molar-refractivity contribution >= 4 is 23.0 Å². The normalized spacial score (nSPS) is 10.2. The molecular formula is C16H19N3O. The summed E-state index contributed by atoms with van der Waals surface area (Å²) in [4.78, 5) is 11.5. The molecule has 0 aliphatic rings. The van der Waals surface area contributed by atoms with Crippen LogP contribution in [-0.4, -0.2) is 5.91 Å². The maximum atomic E-state index is 11.5. The molecule has 0 fully saturated rings. The van der Waals surface area contributed by atoms with Crippen molar-refractivity contribution in [1.82, 2.24) is 0 Å². The molecule has 5 N–H and O–H groups in total. The van der Waals surface area contributed by atoms with Crippen LogP contribution in [0, 0.1) is 0 Å². The lowest BCUT2D eigenvalue weighted by molar-refractivity contribution is 0.100. The predicted molar refractivity (Wildman–Crippen MR) is 83.1 cm³/mol. The van der Waals surface area contributed by atoms with E-state index in [1.807, 2.05) is 18.2 Å².